The van der Waals surface area contributed by atoms with E-state index in [-0.39, 0.29) is 17.1 Å². The molecule has 2 amide bonds. The van der Waals surface area contributed by atoms with Crippen LogP contribution in [0.3, 0.4) is 0 Å². The molecule has 3 aromatic rings. The molecular weight excluding hydrogens is 452 g/mol. The van der Waals surface area contributed by atoms with E-state index in [2.05, 4.69) is 15.8 Å². The number of benzene rings is 3. The van der Waals surface area contributed by atoms with Crippen LogP contribution in [0.15, 0.2) is 71.8 Å². The Hall–Kier alpha value is -5.17. The average molecular weight is 472 g/mol. The second-order valence-electron chi connectivity index (χ2n) is 6.84. The number of hydrazone groups is 1. The lowest BCUT2D eigenvalue weighted by molar-refractivity contribution is -0.136. The standard InChI is InChI=1S/C25H20N4O6/c1-33-20-6-4-3-5-19(20)25(32)35-21-12-9-17(13-22(21)34-2)15-27-29-24(31)23(30)28-18-10-7-16(14-26)8-11-18/h3-13,15H,1-2H3,(H,28,30)(H,29,31). The van der Waals surface area contributed by atoms with Crippen molar-refractivity contribution in [2.45, 2.75) is 0 Å². The Kier molecular flexibility index (Phi) is 8.13. The fraction of sp³-hybridized carbons (Fsp3) is 0.0800. The number of nitriles is 1. The maximum atomic E-state index is 12.5. The topological polar surface area (TPSA) is 139 Å². The zero-order valence-electron chi connectivity index (χ0n) is 18.8. The highest BCUT2D eigenvalue weighted by Crippen LogP contribution is 2.29. The Bertz CT molecular complexity index is 1310. The Balaban J connectivity index is 1.61. The summed E-state index contributed by atoms with van der Waals surface area (Å²) in [5.74, 6) is -1.74. The fourth-order valence-electron chi connectivity index (χ4n) is 2.85. The molecule has 0 saturated heterocycles. The van der Waals surface area contributed by atoms with E-state index in [0.717, 1.165) is 0 Å². The first-order chi connectivity index (χ1) is 16.9. The summed E-state index contributed by atoms with van der Waals surface area (Å²) in [6.45, 7) is 0. The van der Waals surface area contributed by atoms with E-state index in [1.54, 1.807) is 30.3 Å². The molecule has 10 heteroatoms. The Morgan fingerprint density at radius 2 is 1.60 bits per heavy atom. The van der Waals surface area contributed by atoms with Crippen molar-refractivity contribution in [1.82, 2.24) is 5.43 Å². The number of carbonyl (C=O) groups is 3. The third kappa shape index (κ3) is 6.43. The summed E-state index contributed by atoms with van der Waals surface area (Å²) in [5, 5.41) is 14.9. The highest BCUT2D eigenvalue weighted by Gasteiger charge is 2.17. The number of para-hydroxylation sites is 1. The van der Waals surface area contributed by atoms with Gasteiger partial charge in [0.2, 0.25) is 0 Å². The molecule has 0 aliphatic carbocycles. The number of esters is 1. The van der Waals surface area contributed by atoms with E-state index in [1.807, 2.05) is 6.07 Å². The lowest BCUT2D eigenvalue weighted by Crippen LogP contribution is -2.32. The summed E-state index contributed by atoms with van der Waals surface area (Å²) < 4.78 is 15.9. The van der Waals surface area contributed by atoms with E-state index >= 15 is 0 Å². The number of hydrogen-bond donors (Lipinski definition) is 2. The van der Waals surface area contributed by atoms with Crippen LogP contribution in [0.2, 0.25) is 0 Å². The monoisotopic (exact) mass is 472 g/mol. The second-order valence-corrected chi connectivity index (χ2v) is 6.84. The normalized spacial score (nSPS) is 10.2. The summed E-state index contributed by atoms with van der Waals surface area (Å²) >= 11 is 0. The van der Waals surface area contributed by atoms with Gasteiger partial charge in [0.1, 0.15) is 11.3 Å². The first-order valence-electron chi connectivity index (χ1n) is 10.1. The number of anilines is 1. The smallest absolute Gasteiger partial charge is 0.347 e. The third-order valence-electron chi connectivity index (χ3n) is 4.58. The molecule has 2 N–H and O–H groups in total. The SMILES string of the molecule is COc1cc(C=NNC(=O)C(=O)Nc2ccc(C#N)cc2)ccc1OC(=O)c1ccccc1OC. The molecule has 0 fully saturated rings. The van der Waals surface area contributed by atoms with Crippen molar-refractivity contribution in [3.8, 4) is 23.3 Å². The highest BCUT2D eigenvalue weighted by atomic mass is 16.6. The Labute approximate surface area is 200 Å². The first kappa shape index (κ1) is 24.5. The molecule has 0 spiro atoms. The van der Waals surface area contributed by atoms with Crippen molar-refractivity contribution in [2.75, 3.05) is 19.5 Å². The molecule has 35 heavy (non-hydrogen) atoms. The van der Waals surface area contributed by atoms with Crippen LogP contribution in [-0.2, 0) is 9.59 Å². The molecule has 0 aliphatic rings. The Morgan fingerprint density at radius 1 is 0.886 bits per heavy atom. The molecule has 0 aliphatic heterocycles. The van der Waals surface area contributed by atoms with Crippen LogP contribution in [0.1, 0.15) is 21.5 Å². The van der Waals surface area contributed by atoms with Gasteiger partial charge in [-0.3, -0.25) is 9.59 Å². The van der Waals surface area contributed by atoms with Gasteiger partial charge in [-0.15, -0.1) is 0 Å². The van der Waals surface area contributed by atoms with Crippen molar-refractivity contribution in [3.05, 3.63) is 83.4 Å². The minimum absolute atomic E-state index is 0.173. The van der Waals surface area contributed by atoms with Gasteiger partial charge in [-0.1, -0.05) is 12.1 Å². The predicted octanol–water partition coefficient (Wildman–Crippen LogP) is 2.88. The molecule has 0 heterocycles. The number of rotatable bonds is 7. The van der Waals surface area contributed by atoms with Crippen LogP contribution in [0, 0.1) is 11.3 Å². The van der Waals surface area contributed by atoms with Crippen molar-refractivity contribution < 1.29 is 28.6 Å². The van der Waals surface area contributed by atoms with Gasteiger partial charge < -0.3 is 19.5 Å². The highest BCUT2D eigenvalue weighted by molar-refractivity contribution is 6.39. The van der Waals surface area contributed by atoms with Gasteiger partial charge in [-0.05, 0) is 60.2 Å². The van der Waals surface area contributed by atoms with E-state index in [4.69, 9.17) is 19.5 Å². The summed E-state index contributed by atoms with van der Waals surface area (Å²) in [6, 6.07) is 19.3. The molecular formula is C25H20N4O6. The number of amides is 2. The Morgan fingerprint density at radius 3 is 2.29 bits per heavy atom. The zero-order valence-corrected chi connectivity index (χ0v) is 18.8. The lowest BCUT2D eigenvalue weighted by atomic mass is 10.2. The molecule has 10 nitrogen and oxygen atoms in total. The number of methoxy groups -OCH3 is 2. The van der Waals surface area contributed by atoms with E-state index in [1.165, 1.54) is 56.8 Å². The number of nitrogens with zero attached hydrogens (tertiary/aromatic N) is 2. The summed E-state index contributed by atoms with van der Waals surface area (Å²) in [7, 11) is 2.86. The minimum Gasteiger partial charge on any atom is -0.496 e. The predicted molar refractivity (Wildman–Crippen MR) is 126 cm³/mol. The largest absolute Gasteiger partial charge is 0.496 e. The minimum atomic E-state index is -0.986. The molecule has 0 saturated carbocycles. The van der Waals surface area contributed by atoms with E-state index in [9.17, 15) is 14.4 Å². The molecule has 0 radical (unpaired) electrons. The summed E-state index contributed by atoms with van der Waals surface area (Å²) in [5.41, 5.74) is 3.66. The van der Waals surface area contributed by atoms with Crippen LogP contribution >= 0.6 is 0 Å². The second kappa shape index (κ2) is 11.6. The van der Waals surface area contributed by atoms with E-state index < -0.39 is 17.8 Å². The van der Waals surface area contributed by atoms with Crippen LogP contribution in [0.4, 0.5) is 5.69 Å². The number of hydrogen-bond acceptors (Lipinski definition) is 8. The van der Waals surface area contributed by atoms with Crippen LogP contribution in [-0.4, -0.2) is 38.2 Å². The van der Waals surface area contributed by atoms with Gasteiger partial charge in [0.15, 0.2) is 11.5 Å². The lowest BCUT2D eigenvalue weighted by Gasteiger charge is -2.11. The summed E-state index contributed by atoms with van der Waals surface area (Å²) in [4.78, 5) is 36.5. The molecule has 3 aromatic carbocycles. The third-order valence-corrected chi connectivity index (χ3v) is 4.58. The zero-order chi connectivity index (χ0) is 25.2. The van der Waals surface area contributed by atoms with Gasteiger partial charge in [0, 0.05) is 5.69 Å². The van der Waals surface area contributed by atoms with Crippen LogP contribution in [0.5, 0.6) is 17.2 Å². The van der Waals surface area contributed by atoms with Crippen molar-refractivity contribution >= 4 is 29.7 Å². The van der Waals surface area contributed by atoms with Crippen molar-refractivity contribution in [3.63, 3.8) is 0 Å². The molecule has 0 atom stereocenters. The van der Waals surface area contributed by atoms with Gasteiger partial charge in [-0.2, -0.15) is 10.4 Å². The maximum absolute atomic E-state index is 12.5. The van der Waals surface area contributed by atoms with Gasteiger partial charge in [0.25, 0.3) is 0 Å². The first-order valence-corrected chi connectivity index (χ1v) is 10.1. The van der Waals surface area contributed by atoms with Gasteiger partial charge >= 0.3 is 17.8 Å². The fourth-order valence-corrected chi connectivity index (χ4v) is 2.85. The van der Waals surface area contributed by atoms with Crippen molar-refractivity contribution in [2.24, 2.45) is 5.10 Å². The van der Waals surface area contributed by atoms with Crippen molar-refractivity contribution in [1.29, 1.82) is 5.26 Å². The van der Waals surface area contributed by atoms with Gasteiger partial charge in [0.05, 0.1) is 32.1 Å². The van der Waals surface area contributed by atoms with Crippen LogP contribution in [0.25, 0.3) is 0 Å². The average Bonchev–Trinajstić information content (AvgIpc) is 2.89. The molecule has 0 unspecified atom stereocenters. The number of carbonyl (C=O) groups excluding carboxylic acids is 3. The van der Waals surface area contributed by atoms with Gasteiger partial charge in [-0.25, -0.2) is 10.2 Å². The summed E-state index contributed by atoms with van der Waals surface area (Å²) in [6.07, 6.45) is 1.29. The van der Waals surface area contributed by atoms with E-state index in [0.29, 0.717) is 22.6 Å². The number of ether oxygens (including phenoxy) is 3. The molecule has 3 rings (SSSR count). The maximum Gasteiger partial charge on any atom is 0.347 e. The molecule has 0 aromatic heterocycles. The molecule has 176 valence electrons. The number of nitrogens with one attached hydrogen (secondary N) is 2. The van der Waals surface area contributed by atoms with Crippen LogP contribution < -0.4 is 25.0 Å². The molecule has 0 bridgehead atoms. The quantitative estimate of drug-likeness (QED) is 0.177.